The average molecular weight is 437 g/mol. The molecule has 0 unspecified atom stereocenters. The summed E-state index contributed by atoms with van der Waals surface area (Å²) in [6.45, 7) is 7.37. The van der Waals surface area contributed by atoms with E-state index >= 15 is 0 Å². The Morgan fingerprint density at radius 2 is 1.42 bits per heavy atom. The lowest BCUT2D eigenvalue weighted by Crippen LogP contribution is -2.45. The maximum Gasteiger partial charge on any atom is 0.242 e. The van der Waals surface area contributed by atoms with Gasteiger partial charge in [-0.25, -0.2) is 8.42 Å². The van der Waals surface area contributed by atoms with Gasteiger partial charge < -0.3 is 5.32 Å². The largest absolute Gasteiger partial charge is 0.324 e. The van der Waals surface area contributed by atoms with Crippen molar-refractivity contribution in [1.82, 2.24) is 4.72 Å². The Hall–Kier alpha value is -2.96. The molecule has 0 heterocycles. The summed E-state index contributed by atoms with van der Waals surface area (Å²) < 4.78 is 29.3. The number of carbonyl (C=O) groups is 1. The molecule has 3 aromatic rings. The van der Waals surface area contributed by atoms with Crippen molar-refractivity contribution < 1.29 is 13.2 Å². The summed E-state index contributed by atoms with van der Waals surface area (Å²) in [5.74, 6) is -0.399. The molecular weight excluding hydrogens is 408 g/mol. The fourth-order valence-electron chi connectivity index (χ4n) is 3.81. The van der Waals surface area contributed by atoms with Crippen molar-refractivity contribution in [3.05, 3.63) is 94.5 Å². The van der Waals surface area contributed by atoms with Crippen molar-refractivity contribution in [2.45, 2.75) is 45.1 Å². The molecular formula is C25H28N2O3S. The molecule has 0 saturated heterocycles. The highest BCUT2D eigenvalue weighted by atomic mass is 32.2. The number of nitrogens with one attached hydrogen (secondary N) is 2. The van der Waals surface area contributed by atoms with Gasteiger partial charge >= 0.3 is 0 Å². The Morgan fingerprint density at radius 1 is 0.839 bits per heavy atom. The highest BCUT2D eigenvalue weighted by molar-refractivity contribution is 7.89. The quantitative estimate of drug-likeness (QED) is 0.575. The molecule has 0 fully saturated rings. The molecule has 0 bridgehead atoms. The number of hydrogen-bond acceptors (Lipinski definition) is 3. The predicted molar refractivity (Wildman–Crippen MR) is 125 cm³/mol. The standard InChI is InChI=1S/C25H28N2O3S/c1-17-14-19(3)24(20(4)15-17)31(29,30)27-23(16-21-11-6-5-7-12-21)25(28)26-22-13-9-8-10-18(22)2/h5-15,23,27H,16H2,1-4H3,(H,26,28)/t23-/m1/s1. The van der Waals surface area contributed by atoms with Crippen molar-refractivity contribution in [2.24, 2.45) is 0 Å². The molecule has 5 nitrogen and oxygen atoms in total. The van der Waals surface area contributed by atoms with Gasteiger partial charge in [0.15, 0.2) is 0 Å². The third-order valence-corrected chi connectivity index (χ3v) is 6.95. The molecule has 1 atom stereocenters. The Labute approximate surface area is 184 Å². The van der Waals surface area contributed by atoms with E-state index in [9.17, 15) is 13.2 Å². The summed E-state index contributed by atoms with van der Waals surface area (Å²) in [4.78, 5) is 13.4. The molecule has 3 aromatic carbocycles. The first-order chi connectivity index (χ1) is 14.7. The minimum absolute atomic E-state index is 0.222. The zero-order valence-corrected chi connectivity index (χ0v) is 19.1. The van der Waals surface area contributed by atoms with E-state index in [-0.39, 0.29) is 11.3 Å². The van der Waals surface area contributed by atoms with E-state index in [1.807, 2.05) is 74.5 Å². The number of aryl methyl sites for hydroxylation is 4. The molecule has 31 heavy (non-hydrogen) atoms. The molecule has 6 heteroatoms. The maximum atomic E-state index is 13.3. The van der Waals surface area contributed by atoms with Crippen LogP contribution in [0.5, 0.6) is 0 Å². The maximum absolute atomic E-state index is 13.3. The average Bonchev–Trinajstić information content (AvgIpc) is 2.68. The molecule has 1 amide bonds. The lowest BCUT2D eigenvalue weighted by Gasteiger charge is -2.21. The van der Waals surface area contributed by atoms with Crippen LogP contribution in [0.4, 0.5) is 5.69 Å². The van der Waals surface area contributed by atoms with E-state index in [0.29, 0.717) is 16.8 Å². The third-order valence-electron chi connectivity index (χ3n) is 5.17. The van der Waals surface area contributed by atoms with Crippen molar-refractivity contribution in [3.8, 4) is 0 Å². The van der Waals surface area contributed by atoms with Gasteiger partial charge in [-0.15, -0.1) is 0 Å². The summed E-state index contributed by atoms with van der Waals surface area (Å²) in [6, 6.07) is 19.5. The van der Waals surface area contributed by atoms with E-state index in [2.05, 4.69) is 10.0 Å². The van der Waals surface area contributed by atoms with Crippen molar-refractivity contribution >= 4 is 21.6 Å². The first kappa shape index (κ1) is 22.7. The lowest BCUT2D eigenvalue weighted by atomic mass is 10.1. The first-order valence-electron chi connectivity index (χ1n) is 10.2. The normalized spacial score (nSPS) is 12.4. The highest BCUT2D eigenvalue weighted by Crippen LogP contribution is 2.23. The van der Waals surface area contributed by atoms with E-state index < -0.39 is 22.0 Å². The molecule has 0 aliphatic carbocycles. The second-order valence-corrected chi connectivity index (χ2v) is 9.55. The minimum Gasteiger partial charge on any atom is -0.324 e. The number of amides is 1. The number of rotatable bonds is 7. The SMILES string of the molecule is Cc1cc(C)c(S(=O)(=O)N[C@H](Cc2ccccc2)C(=O)Nc2ccccc2C)c(C)c1. The van der Waals surface area contributed by atoms with E-state index in [1.54, 1.807) is 19.9 Å². The van der Waals surface area contributed by atoms with Crippen molar-refractivity contribution in [2.75, 3.05) is 5.32 Å². The highest BCUT2D eigenvalue weighted by Gasteiger charge is 2.28. The fourth-order valence-corrected chi connectivity index (χ4v) is 5.46. The molecule has 0 radical (unpaired) electrons. The number of hydrogen-bond donors (Lipinski definition) is 2. The van der Waals surface area contributed by atoms with Gasteiger partial charge in [0.25, 0.3) is 0 Å². The van der Waals surface area contributed by atoms with Crippen LogP contribution in [0.2, 0.25) is 0 Å². The van der Waals surface area contributed by atoms with Gasteiger partial charge in [-0.05, 0) is 62.4 Å². The molecule has 0 aliphatic rings. The van der Waals surface area contributed by atoms with Crippen molar-refractivity contribution in [1.29, 1.82) is 0 Å². The fraction of sp³-hybridized carbons (Fsp3) is 0.240. The zero-order valence-electron chi connectivity index (χ0n) is 18.3. The summed E-state index contributed by atoms with van der Waals surface area (Å²) >= 11 is 0. The molecule has 0 aromatic heterocycles. The molecule has 162 valence electrons. The zero-order chi connectivity index (χ0) is 22.6. The second kappa shape index (κ2) is 9.45. The molecule has 2 N–H and O–H groups in total. The van der Waals surface area contributed by atoms with E-state index in [0.717, 1.165) is 16.7 Å². The summed E-state index contributed by atoms with van der Waals surface area (Å²) in [5.41, 5.74) is 4.74. The van der Waals surface area contributed by atoms with Gasteiger partial charge in [0, 0.05) is 5.69 Å². The summed E-state index contributed by atoms with van der Waals surface area (Å²) in [5, 5.41) is 2.88. The molecule has 3 rings (SSSR count). The van der Waals surface area contributed by atoms with Gasteiger partial charge in [-0.3, -0.25) is 4.79 Å². The monoisotopic (exact) mass is 436 g/mol. The van der Waals surface area contributed by atoms with Gasteiger partial charge in [-0.2, -0.15) is 4.72 Å². The molecule has 0 spiro atoms. The molecule has 0 aliphatic heterocycles. The van der Waals surface area contributed by atoms with E-state index in [4.69, 9.17) is 0 Å². The summed E-state index contributed by atoms with van der Waals surface area (Å²) in [7, 11) is -3.92. The minimum atomic E-state index is -3.92. The van der Waals surface area contributed by atoms with Gasteiger partial charge in [0.1, 0.15) is 6.04 Å². The number of carbonyl (C=O) groups excluding carboxylic acids is 1. The lowest BCUT2D eigenvalue weighted by molar-refractivity contribution is -0.117. The second-order valence-electron chi connectivity index (χ2n) is 7.90. The van der Waals surface area contributed by atoms with Crippen LogP contribution < -0.4 is 10.0 Å². The van der Waals surface area contributed by atoms with Crippen LogP contribution in [0.1, 0.15) is 27.8 Å². The Kier molecular flexibility index (Phi) is 6.93. The van der Waals surface area contributed by atoms with Gasteiger partial charge in [-0.1, -0.05) is 66.2 Å². The Balaban J connectivity index is 1.94. The number of sulfonamides is 1. The molecule has 0 saturated carbocycles. The third kappa shape index (κ3) is 5.60. The van der Waals surface area contributed by atoms with Gasteiger partial charge in [0.2, 0.25) is 15.9 Å². The van der Waals surface area contributed by atoms with Crippen LogP contribution in [0.25, 0.3) is 0 Å². The van der Waals surface area contributed by atoms with Crippen LogP contribution in [-0.2, 0) is 21.2 Å². The van der Waals surface area contributed by atoms with Crippen LogP contribution in [0, 0.1) is 27.7 Å². The van der Waals surface area contributed by atoms with Crippen LogP contribution in [0.15, 0.2) is 71.6 Å². The number of anilines is 1. The topological polar surface area (TPSA) is 75.3 Å². The van der Waals surface area contributed by atoms with Crippen LogP contribution >= 0.6 is 0 Å². The van der Waals surface area contributed by atoms with E-state index in [1.165, 1.54) is 0 Å². The Bertz CT molecular complexity index is 1170. The summed E-state index contributed by atoms with van der Waals surface area (Å²) in [6.07, 6.45) is 0.238. The van der Waals surface area contributed by atoms with Gasteiger partial charge in [0.05, 0.1) is 4.90 Å². The Morgan fingerprint density at radius 3 is 2.03 bits per heavy atom. The van der Waals surface area contributed by atoms with Crippen LogP contribution in [-0.4, -0.2) is 20.4 Å². The van der Waals surface area contributed by atoms with Crippen LogP contribution in [0.3, 0.4) is 0 Å². The van der Waals surface area contributed by atoms with Crippen molar-refractivity contribution in [3.63, 3.8) is 0 Å². The first-order valence-corrected chi connectivity index (χ1v) is 11.7. The predicted octanol–water partition coefficient (Wildman–Crippen LogP) is 4.45. The number of benzene rings is 3. The number of para-hydroxylation sites is 1. The smallest absolute Gasteiger partial charge is 0.242 e.